The van der Waals surface area contributed by atoms with E-state index in [1.165, 1.54) is 15.8 Å². The Bertz CT molecular complexity index is 533. The molecule has 1 unspecified atom stereocenters. The first kappa shape index (κ1) is 13.2. The van der Waals surface area contributed by atoms with Gasteiger partial charge >= 0.3 is 0 Å². The molecule has 2 rings (SSSR count). The molecule has 0 saturated heterocycles. The molecule has 2 aromatic rings. The summed E-state index contributed by atoms with van der Waals surface area (Å²) in [6, 6.07) is 9.31. The lowest BCUT2D eigenvalue weighted by molar-refractivity contribution is 0.604. The summed E-state index contributed by atoms with van der Waals surface area (Å²) in [6.45, 7) is 7.05. The lowest BCUT2D eigenvalue weighted by Crippen LogP contribution is -2.22. The Hall–Kier alpha value is -1.19. The minimum absolute atomic E-state index is 0.0874. The lowest BCUT2D eigenvalue weighted by atomic mass is 10.00. The number of benzene rings is 1. The first-order valence-electron chi connectivity index (χ1n) is 6.17. The average molecular weight is 263 g/mol. The maximum Gasteiger partial charge on any atom is 0.123 e. The van der Waals surface area contributed by atoms with Crippen molar-refractivity contribution in [2.45, 2.75) is 26.8 Å². The SMILES string of the molecule is CCNC(c1ccc(C)s1)c1cc(F)ccc1C. The van der Waals surface area contributed by atoms with Crippen molar-refractivity contribution in [1.82, 2.24) is 5.32 Å². The van der Waals surface area contributed by atoms with E-state index in [9.17, 15) is 4.39 Å². The van der Waals surface area contributed by atoms with E-state index in [0.29, 0.717) is 0 Å². The summed E-state index contributed by atoms with van der Waals surface area (Å²) >= 11 is 1.76. The molecule has 1 aromatic carbocycles. The molecule has 1 aromatic heterocycles. The van der Waals surface area contributed by atoms with E-state index in [1.54, 1.807) is 17.4 Å². The van der Waals surface area contributed by atoms with Crippen LogP contribution in [-0.2, 0) is 0 Å². The van der Waals surface area contributed by atoms with Crippen molar-refractivity contribution < 1.29 is 4.39 Å². The highest BCUT2D eigenvalue weighted by Gasteiger charge is 2.17. The highest BCUT2D eigenvalue weighted by Crippen LogP contribution is 2.30. The quantitative estimate of drug-likeness (QED) is 0.871. The zero-order chi connectivity index (χ0) is 13.1. The lowest BCUT2D eigenvalue weighted by Gasteiger charge is -2.19. The second kappa shape index (κ2) is 5.63. The number of hydrogen-bond acceptors (Lipinski definition) is 2. The van der Waals surface area contributed by atoms with Gasteiger partial charge in [0.2, 0.25) is 0 Å². The minimum Gasteiger partial charge on any atom is -0.306 e. The topological polar surface area (TPSA) is 12.0 Å². The van der Waals surface area contributed by atoms with Crippen molar-refractivity contribution in [3.8, 4) is 0 Å². The largest absolute Gasteiger partial charge is 0.306 e. The Morgan fingerprint density at radius 2 is 2.00 bits per heavy atom. The van der Waals surface area contributed by atoms with Gasteiger partial charge in [0.25, 0.3) is 0 Å². The molecule has 3 heteroatoms. The van der Waals surface area contributed by atoms with Gasteiger partial charge in [-0.3, -0.25) is 0 Å². The molecule has 0 saturated carbocycles. The predicted octanol–water partition coefficient (Wildman–Crippen LogP) is 4.20. The smallest absolute Gasteiger partial charge is 0.123 e. The standard InChI is InChI=1S/C15H18FNS/c1-4-17-15(14-8-6-11(3)18-14)13-9-12(16)7-5-10(13)2/h5-9,15,17H,4H2,1-3H3. The number of rotatable bonds is 4. The van der Waals surface area contributed by atoms with Crippen LogP contribution in [0.5, 0.6) is 0 Å². The van der Waals surface area contributed by atoms with Crippen LogP contribution >= 0.6 is 11.3 Å². The van der Waals surface area contributed by atoms with E-state index in [0.717, 1.165) is 17.7 Å². The third kappa shape index (κ3) is 2.79. The van der Waals surface area contributed by atoms with Gasteiger partial charge < -0.3 is 5.32 Å². The Morgan fingerprint density at radius 1 is 1.22 bits per heavy atom. The van der Waals surface area contributed by atoms with Crippen molar-refractivity contribution in [2.24, 2.45) is 0 Å². The maximum absolute atomic E-state index is 13.4. The van der Waals surface area contributed by atoms with E-state index < -0.39 is 0 Å². The third-order valence-corrected chi connectivity index (χ3v) is 4.07. The van der Waals surface area contributed by atoms with Gasteiger partial charge in [0.05, 0.1) is 6.04 Å². The zero-order valence-corrected chi connectivity index (χ0v) is 11.8. The number of nitrogens with one attached hydrogen (secondary N) is 1. The molecule has 1 N–H and O–H groups in total. The zero-order valence-electron chi connectivity index (χ0n) is 11.0. The van der Waals surface area contributed by atoms with E-state index in [-0.39, 0.29) is 11.9 Å². The summed E-state index contributed by atoms with van der Waals surface area (Å²) in [7, 11) is 0. The number of hydrogen-bond donors (Lipinski definition) is 1. The Morgan fingerprint density at radius 3 is 2.61 bits per heavy atom. The van der Waals surface area contributed by atoms with Gasteiger partial charge in [0.15, 0.2) is 0 Å². The summed E-state index contributed by atoms with van der Waals surface area (Å²) in [5, 5.41) is 3.44. The molecule has 0 amide bonds. The molecule has 96 valence electrons. The summed E-state index contributed by atoms with van der Waals surface area (Å²) in [5.41, 5.74) is 2.15. The van der Waals surface area contributed by atoms with Gasteiger partial charge in [0.1, 0.15) is 5.82 Å². The summed E-state index contributed by atoms with van der Waals surface area (Å²) < 4.78 is 13.4. The molecular weight excluding hydrogens is 245 g/mol. The molecule has 0 fully saturated rings. The van der Waals surface area contributed by atoms with Gasteiger partial charge in [-0.15, -0.1) is 11.3 Å². The fourth-order valence-corrected chi connectivity index (χ4v) is 3.07. The van der Waals surface area contributed by atoms with Crippen molar-refractivity contribution in [1.29, 1.82) is 0 Å². The van der Waals surface area contributed by atoms with Crippen LogP contribution in [0.25, 0.3) is 0 Å². The molecule has 0 aliphatic carbocycles. The first-order valence-corrected chi connectivity index (χ1v) is 6.99. The van der Waals surface area contributed by atoms with E-state index >= 15 is 0 Å². The molecular formula is C15H18FNS. The fraction of sp³-hybridized carbons (Fsp3) is 0.333. The van der Waals surface area contributed by atoms with Crippen LogP contribution in [0.15, 0.2) is 30.3 Å². The molecule has 18 heavy (non-hydrogen) atoms. The maximum atomic E-state index is 13.4. The van der Waals surface area contributed by atoms with E-state index in [2.05, 4.69) is 31.3 Å². The average Bonchev–Trinajstić information content (AvgIpc) is 2.76. The van der Waals surface area contributed by atoms with Gasteiger partial charge in [-0.2, -0.15) is 0 Å². The molecule has 1 atom stereocenters. The summed E-state index contributed by atoms with van der Waals surface area (Å²) in [6.07, 6.45) is 0. The van der Waals surface area contributed by atoms with Crippen molar-refractivity contribution in [2.75, 3.05) is 6.54 Å². The van der Waals surface area contributed by atoms with E-state index in [1.807, 2.05) is 13.0 Å². The van der Waals surface area contributed by atoms with Gasteiger partial charge in [0, 0.05) is 9.75 Å². The molecule has 0 bridgehead atoms. The van der Waals surface area contributed by atoms with Crippen LogP contribution in [-0.4, -0.2) is 6.54 Å². The molecule has 0 aliphatic heterocycles. The van der Waals surface area contributed by atoms with Gasteiger partial charge in [-0.05, 0) is 55.8 Å². The first-order chi connectivity index (χ1) is 8.61. The second-order valence-corrected chi connectivity index (χ2v) is 5.76. The van der Waals surface area contributed by atoms with Crippen molar-refractivity contribution in [3.05, 3.63) is 57.0 Å². The fourth-order valence-electron chi connectivity index (χ4n) is 2.10. The number of halogens is 1. The third-order valence-electron chi connectivity index (χ3n) is 3.01. The second-order valence-electron chi connectivity index (χ2n) is 4.44. The van der Waals surface area contributed by atoms with Gasteiger partial charge in [-0.25, -0.2) is 4.39 Å². The summed E-state index contributed by atoms with van der Waals surface area (Å²) in [5.74, 6) is -0.174. The monoisotopic (exact) mass is 263 g/mol. The normalized spacial score (nSPS) is 12.7. The predicted molar refractivity (Wildman–Crippen MR) is 75.7 cm³/mol. The Balaban J connectivity index is 2.44. The van der Waals surface area contributed by atoms with Crippen LogP contribution in [0, 0.1) is 19.7 Å². The Labute approximate surface area is 112 Å². The van der Waals surface area contributed by atoms with Crippen LogP contribution in [0.3, 0.4) is 0 Å². The molecule has 1 nitrogen and oxygen atoms in total. The van der Waals surface area contributed by atoms with Crippen LogP contribution in [0.2, 0.25) is 0 Å². The van der Waals surface area contributed by atoms with Crippen LogP contribution in [0.4, 0.5) is 4.39 Å². The van der Waals surface area contributed by atoms with E-state index in [4.69, 9.17) is 0 Å². The van der Waals surface area contributed by atoms with Crippen molar-refractivity contribution in [3.63, 3.8) is 0 Å². The number of aryl methyl sites for hydroxylation is 2. The highest BCUT2D eigenvalue weighted by molar-refractivity contribution is 7.12. The van der Waals surface area contributed by atoms with Gasteiger partial charge in [-0.1, -0.05) is 13.0 Å². The summed E-state index contributed by atoms with van der Waals surface area (Å²) in [4.78, 5) is 2.52. The van der Waals surface area contributed by atoms with Crippen molar-refractivity contribution >= 4 is 11.3 Å². The minimum atomic E-state index is -0.174. The van der Waals surface area contributed by atoms with Crippen LogP contribution in [0.1, 0.15) is 33.8 Å². The van der Waals surface area contributed by atoms with Crippen LogP contribution < -0.4 is 5.32 Å². The molecule has 0 spiro atoms. The molecule has 0 radical (unpaired) electrons. The highest BCUT2D eigenvalue weighted by atomic mass is 32.1. The Kier molecular flexibility index (Phi) is 4.15. The number of thiophene rings is 1. The molecule has 1 heterocycles. The molecule has 0 aliphatic rings.